The van der Waals surface area contributed by atoms with Crippen molar-refractivity contribution in [3.63, 3.8) is 0 Å². The van der Waals surface area contributed by atoms with Crippen LogP contribution in [0.15, 0.2) is 0 Å². The molecule has 2 saturated heterocycles. The number of nitrogens with zero attached hydrogens (tertiary/aromatic N) is 1. The van der Waals surface area contributed by atoms with E-state index in [1.165, 1.54) is 0 Å². The van der Waals surface area contributed by atoms with E-state index in [2.05, 4.69) is 4.72 Å². The molecule has 0 bridgehead atoms. The summed E-state index contributed by atoms with van der Waals surface area (Å²) < 4.78 is 34.1. The van der Waals surface area contributed by atoms with E-state index in [1.807, 2.05) is 6.92 Å². The van der Waals surface area contributed by atoms with Crippen molar-refractivity contribution in [2.45, 2.75) is 32.3 Å². The molecule has 112 valence electrons. The normalized spacial score (nSPS) is 30.8. The Kier molecular flexibility index (Phi) is 5.19. The minimum Gasteiger partial charge on any atom is -0.378 e. The van der Waals surface area contributed by atoms with Crippen molar-refractivity contribution in [1.82, 2.24) is 9.03 Å². The van der Waals surface area contributed by atoms with Gasteiger partial charge in [-0.05, 0) is 38.6 Å². The van der Waals surface area contributed by atoms with Crippen LogP contribution in [0.25, 0.3) is 0 Å². The summed E-state index contributed by atoms with van der Waals surface area (Å²) >= 11 is 0. The summed E-state index contributed by atoms with van der Waals surface area (Å²) in [4.78, 5) is 0. The molecule has 2 aliphatic heterocycles. The molecule has 0 amide bonds. The molecule has 0 radical (unpaired) electrons. The number of nitrogens with one attached hydrogen (secondary N) is 1. The molecule has 2 aliphatic rings. The van der Waals surface area contributed by atoms with Gasteiger partial charge < -0.3 is 10.5 Å². The fourth-order valence-electron chi connectivity index (χ4n) is 2.73. The molecule has 19 heavy (non-hydrogen) atoms. The molecule has 0 aromatic rings. The van der Waals surface area contributed by atoms with E-state index in [-0.39, 0.29) is 12.0 Å². The van der Waals surface area contributed by atoms with E-state index in [1.54, 1.807) is 4.31 Å². The van der Waals surface area contributed by atoms with Crippen LogP contribution < -0.4 is 10.5 Å². The number of rotatable bonds is 5. The van der Waals surface area contributed by atoms with E-state index < -0.39 is 10.2 Å². The van der Waals surface area contributed by atoms with Gasteiger partial charge in [0.1, 0.15) is 0 Å². The van der Waals surface area contributed by atoms with Crippen molar-refractivity contribution in [1.29, 1.82) is 0 Å². The molecule has 0 aromatic carbocycles. The minimum absolute atomic E-state index is 0.144. The molecule has 0 spiro atoms. The summed E-state index contributed by atoms with van der Waals surface area (Å²) in [5, 5.41) is 0. The highest BCUT2D eigenvalue weighted by atomic mass is 32.2. The van der Waals surface area contributed by atoms with E-state index in [0.717, 1.165) is 25.9 Å². The zero-order valence-corrected chi connectivity index (χ0v) is 12.4. The number of piperidine rings is 1. The lowest BCUT2D eigenvalue weighted by Gasteiger charge is -2.31. The van der Waals surface area contributed by atoms with Gasteiger partial charge in [-0.1, -0.05) is 0 Å². The summed E-state index contributed by atoms with van der Waals surface area (Å²) in [6.07, 6.45) is 2.80. The maximum atomic E-state index is 12.2. The zero-order valence-electron chi connectivity index (χ0n) is 11.5. The average molecular weight is 291 g/mol. The molecule has 2 fully saturated rings. The average Bonchev–Trinajstić information content (AvgIpc) is 2.82. The SMILES string of the molecule is CC1OCCC1CNS(=O)(=O)N1CCC(CN)CC1. The maximum absolute atomic E-state index is 12.2. The van der Waals surface area contributed by atoms with Crippen LogP contribution in [-0.2, 0) is 14.9 Å². The maximum Gasteiger partial charge on any atom is 0.279 e. The van der Waals surface area contributed by atoms with E-state index >= 15 is 0 Å². The molecular weight excluding hydrogens is 266 g/mol. The first-order valence-corrected chi connectivity index (χ1v) is 8.53. The monoisotopic (exact) mass is 291 g/mol. The smallest absolute Gasteiger partial charge is 0.279 e. The van der Waals surface area contributed by atoms with Gasteiger partial charge in [0.25, 0.3) is 10.2 Å². The minimum atomic E-state index is -3.34. The van der Waals surface area contributed by atoms with Crippen molar-refractivity contribution in [2.75, 3.05) is 32.8 Å². The lowest BCUT2D eigenvalue weighted by molar-refractivity contribution is 0.106. The van der Waals surface area contributed by atoms with Crippen LogP contribution in [0.1, 0.15) is 26.2 Å². The summed E-state index contributed by atoms with van der Waals surface area (Å²) in [6.45, 7) is 5.01. The quantitative estimate of drug-likeness (QED) is 0.742. The predicted octanol–water partition coefficient (Wildman–Crippen LogP) is -0.0835. The van der Waals surface area contributed by atoms with Gasteiger partial charge >= 0.3 is 0 Å². The fourth-order valence-corrected chi connectivity index (χ4v) is 4.03. The van der Waals surface area contributed by atoms with Crippen LogP contribution in [-0.4, -0.2) is 51.6 Å². The Labute approximate surface area is 115 Å². The van der Waals surface area contributed by atoms with Gasteiger partial charge in [-0.15, -0.1) is 0 Å². The summed E-state index contributed by atoms with van der Waals surface area (Å²) in [7, 11) is -3.34. The molecular formula is C12H25N3O3S. The van der Waals surface area contributed by atoms with Crippen LogP contribution in [0, 0.1) is 11.8 Å². The molecule has 7 heteroatoms. The fraction of sp³-hybridized carbons (Fsp3) is 1.00. The first-order chi connectivity index (χ1) is 9.03. The van der Waals surface area contributed by atoms with Crippen molar-refractivity contribution < 1.29 is 13.2 Å². The Morgan fingerprint density at radius 2 is 2.00 bits per heavy atom. The second-order valence-corrected chi connectivity index (χ2v) is 7.31. The van der Waals surface area contributed by atoms with Gasteiger partial charge in [-0.2, -0.15) is 12.7 Å². The Balaban J connectivity index is 1.81. The van der Waals surface area contributed by atoms with Crippen molar-refractivity contribution in [3.05, 3.63) is 0 Å². The Morgan fingerprint density at radius 3 is 2.53 bits per heavy atom. The first kappa shape index (κ1) is 15.2. The molecule has 2 atom stereocenters. The summed E-state index contributed by atoms with van der Waals surface area (Å²) in [5.74, 6) is 0.756. The topological polar surface area (TPSA) is 84.7 Å². The Bertz CT molecular complexity index is 380. The third kappa shape index (κ3) is 3.88. The third-order valence-corrected chi connectivity index (χ3v) is 5.88. The second-order valence-electron chi connectivity index (χ2n) is 5.56. The van der Waals surface area contributed by atoms with Crippen LogP contribution in [0.3, 0.4) is 0 Å². The first-order valence-electron chi connectivity index (χ1n) is 7.09. The molecule has 0 aliphatic carbocycles. The van der Waals surface area contributed by atoms with Crippen molar-refractivity contribution >= 4 is 10.2 Å². The van der Waals surface area contributed by atoms with Crippen LogP contribution >= 0.6 is 0 Å². The van der Waals surface area contributed by atoms with Crippen molar-refractivity contribution in [2.24, 2.45) is 17.6 Å². The molecule has 2 rings (SSSR count). The van der Waals surface area contributed by atoms with Gasteiger partial charge in [-0.3, -0.25) is 0 Å². The largest absolute Gasteiger partial charge is 0.378 e. The van der Waals surface area contributed by atoms with Crippen LogP contribution in [0.5, 0.6) is 0 Å². The molecule has 2 heterocycles. The van der Waals surface area contributed by atoms with E-state index in [0.29, 0.717) is 32.1 Å². The molecule has 6 nitrogen and oxygen atoms in total. The van der Waals surface area contributed by atoms with Crippen LogP contribution in [0.4, 0.5) is 0 Å². The molecule has 0 aromatic heterocycles. The van der Waals surface area contributed by atoms with Crippen LogP contribution in [0.2, 0.25) is 0 Å². The highest BCUT2D eigenvalue weighted by molar-refractivity contribution is 7.87. The van der Waals surface area contributed by atoms with Gasteiger partial charge in [0.15, 0.2) is 0 Å². The predicted molar refractivity (Wildman–Crippen MR) is 73.8 cm³/mol. The van der Waals surface area contributed by atoms with Gasteiger partial charge in [0, 0.05) is 32.2 Å². The standard InChI is InChI=1S/C12H25N3O3S/c1-10-12(4-7-18-10)9-14-19(16,17)15-5-2-11(8-13)3-6-15/h10-12,14H,2-9,13H2,1H3. The molecule has 2 unspecified atom stereocenters. The highest BCUT2D eigenvalue weighted by Gasteiger charge is 2.30. The number of hydrogen-bond donors (Lipinski definition) is 2. The second kappa shape index (κ2) is 6.49. The lowest BCUT2D eigenvalue weighted by Crippen LogP contribution is -2.47. The highest BCUT2D eigenvalue weighted by Crippen LogP contribution is 2.21. The number of hydrogen-bond acceptors (Lipinski definition) is 4. The molecule has 3 N–H and O–H groups in total. The molecule has 0 saturated carbocycles. The van der Waals surface area contributed by atoms with Gasteiger partial charge in [0.2, 0.25) is 0 Å². The summed E-state index contributed by atoms with van der Waals surface area (Å²) in [5.41, 5.74) is 5.62. The van der Waals surface area contributed by atoms with E-state index in [9.17, 15) is 8.42 Å². The number of nitrogens with two attached hydrogens (primary N) is 1. The zero-order chi connectivity index (χ0) is 13.9. The van der Waals surface area contributed by atoms with Gasteiger partial charge in [-0.25, -0.2) is 4.72 Å². The Hall–Kier alpha value is -0.210. The van der Waals surface area contributed by atoms with Gasteiger partial charge in [0.05, 0.1) is 6.10 Å². The third-order valence-electron chi connectivity index (χ3n) is 4.31. The summed E-state index contributed by atoms with van der Waals surface area (Å²) in [6, 6.07) is 0. The lowest BCUT2D eigenvalue weighted by atomic mass is 9.99. The van der Waals surface area contributed by atoms with Crippen molar-refractivity contribution in [3.8, 4) is 0 Å². The number of ether oxygens (including phenoxy) is 1. The van der Waals surface area contributed by atoms with E-state index in [4.69, 9.17) is 10.5 Å². The Morgan fingerprint density at radius 1 is 1.32 bits per heavy atom.